The Morgan fingerprint density at radius 2 is 1.88 bits per heavy atom. The van der Waals surface area contributed by atoms with Gasteiger partial charge in [-0.3, -0.25) is 4.90 Å². The summed E-state index contributed by atoms with van der Waals surface area (Å²) in [4.78, 5) is 14.0. The van der Waals surface area contributed by atoms with Gasteiger partial charge in [0.05, 0.1) is 17.8 Å². The van der Waals surface area contributed by atoms with Gasteiger partial charge in [-0.25, -0.2) is 20.6 Å². The molecule has 0 bridgehead atoms. The first-order chi connectivity index (χ1) is 12.8. The van der Waals surface area contributed by atoms with E-state index in [-0.39, 0.29) is 0 Å². The largest absolute Gasteiger partial charge is 0.359 e. The summed E-state index contributed by atoms with van der Waals surface area (Å²) in [5, 5.41) is 7.75. The summed E-state index contributed by atoms with van der Waals surface area (Å²) in [5.74, 6) is 1.48. The second-order valence-electron chi connectivity index (χ2n) is 6.59. The number of hydrogen-bond donors (Lipinski definition) is 4. The van der Waals surface area contributed by atoms with Crippen LogP contribution in [0.15, 0.2) is 54.6 Å². The highest BCUT2D eigenvalue weighted by Gasteiger charge is 2.20. The van der Waals surface area contributed by atoms with Crippen LogP contribution in [0.4, 0.5) is 5.95 Å². The van der Waals surface area contributed by atoms with Crippen molar-refractivity contribution >= 4 is 22.8 Å². The number of benzene rings is 2. The maximum absolute atomic E-state index is 4.60. The fraction of sp³-hybridized carbons (Fsp3) is 0.250. The van der Waals surface area contributed by atoms with Crippen LogP contribution < -0.4 is 20.5 Å². The predicted molar refractivity (Wildman–Crippen MR) is 103 cm³/mol. The van der Waals surface area contributed by atoms with E-state index < -0.39 is 0 Å². The second-order valence-corrected chi connectivity index (χ2v) is 6.59. The Bertz CT molecular complexity index is 922. The maximum atomic E-state index is 4.60. The molecule has 132 valence electrons. The fourth-order valence-corrected chi connectivity index (χ4v) is 3.19. The van der Waals surface area contributed by atoms with Gasteiger partial charge in [-0.1, -0.05) is 48.5 Å². The zero-order valence-electron chi connectivity index (χ0n) is 14.9. The lowest BCUT2D eigenvalue weighted by Crippen LogP contribution is -3.24. The van der Waals surface area contributed by atoms with E-state index in [9.17, 15) is 0 Å². The van der Waals surface area contributed by atoms with Gasteiger partial charge in [0.2, 0.25) is 0 Å². The molecule has 1 aliphatic rings. The average Bonchev–Trinajstić information content (AvgIpc) is 2.68. The van der Waals surface area contributed by atoms with Crippen LogP contribution >= 0.6 is 0 Å². The lowest BCUT2D eigenvalue weighted by molar-refractivity contribution is -0.980. The number of fused-ring (bicyclic) bond motifs is 1. The summed E-state index contributed by atoms with van der Waals surface area (Å²) in [6, 6.07) is 18.7. The van der Waals surface area contributed by atoms with E-state index in [4.69, 9.17) is 0 Å². The van der Waals surface area contributed by atoms with Crippen molar-refractivity contribution in [3.05, 3.63) is 65.9 Å². The summed E-state index contributed by atoms with van der Waals surface area (Å²) in [7, 11) is 0. The molecule has 1 aromatic heterocycles. The van der Waals surface area contributed by atoms with Gasteiger partial charge in [0.1, 0.15) is 0 Å². The summed E-state index contributed by atoms with van der Waals surface area (Å²) in [5.41, 5.74) is 3.31. The number of guanidine groups is 1. The molecular weight excluding hydrogens is 324 g/mol. The summed E-state index contributed by atoms with van der Waals surface area (Å²) >= 11 is 0. The topological polar surface area (TPSA) is 68.2 Å². The summed E-state index contributed by atoms with van der Waals surface area (Å²) < 4.78 is 0. The van der Waals surface area contributed by atoms with Crippen LogP contribution in [0.25, 0.3) is 10.9 Å². The highest BCUT2D eigenvalue weighted by atomic mass is 15.4. The standard InChI is InChI=1S/C20H22N6/c1-15-17-9-5-6-10-18(17)24-20(23-15)25-19-21-13-26(14-22-19)12-11-16-7-3-2-4-8-16/h2-10H,11-14H2,1H3,(H2,21,22,23,24,25)/p+2. The maximum Gasteiger partial charge on any atom is 0.359 e. The Labute approximate surface area is 153 Å². The van der Waals surface area contributed by atoms with Gasteiger partial charge in [0.25, 0.3) is 5.95 Å². The third-order valence-corrected chi connectivity index (χ3v) is 4.67. The third kappa shape index (κ3) is 3.81. The zero-order valence-corrected chi connectivity index (χ0v) is 14.9. The first kappa shape index (κ1) is 16.5. The average molecular weight is 348 g/mol. The molecule has 0 aliphatic carbocycles. The number of quaternary nitrogens is 1. The third-order valence-electron chi connectivity index (χ3n) is 4.67. The van der Waals surface area contributed by atoms with E-state index >= 15 is 0 Å². The highest BCUT2D eigenvalue weighted by molar-refractivity contribution is 5.89. The molecule has 1 unspecified atom stereocenters. The van der Waals surface area contributed by atoms with Gasteiger partial charge in [0.15, 0.2) is 13.3 Å². The number of rotatable bonds is 4. The number of nitrogens with zero attached hydrogens (tertiary/aromatic N) is 2. The SMILES string of the molecule is Cc1nc(NC2=[NH+]C[NH+](CCc3ccccc3)CN2)nc2ccccc12. The summed E-state index contributed by atoms with van der Waals surface area (Å²) in [6.07, 6.45) is 1.08. The van der Waals surface area contributed by atoms with Gasteiger partial charge in [0, 0.05) is 11.8 Å². The molecular formula is C20H24N6+2. The van der Waals surface area contributed by atoms with Gasteiger partial charge < -0.3 is 0 Å². The Morgan fingerprint density at radius 1 is 1.08 bits per heavy atom. The molecule has 0 radical (unpaired) electrons. The van der Waals surface area contributed by atoms with Crippen molar-refractivity contribution in [2.75, 3.05) is 25.2 Å². The zero-order chi connectivity index (χ0) is 17.8. The Morgan fingerprint density at radius 3 is 2.69 bits per heavy atom. The molecule has 6 nitrogen and oxygen atoms in total. The van der Waals surface area contributed by atoms with Crippen LogP contribution in [0.1, 0.15) is 11.3 Å². The minimum Gasteiger partial charge on any atom is -0.276 e. The Hall–Kier alpha value is -2.99. The molecule has 2 aromatic carbocycles. The number of anilines is 1. The normalized spacial score (nSPS) is 16.8. The van der Waals surface area contributed by atoms with Crippen LogP contribution in [-0.4, -0.2) is 35.8 Å². The predicted octanol–water partition coefficient (Wildman–Crippen LogP) is -0.567. The van der Waals surface area contributed by atoms with Crippen molar-refractivity contribution in [3.63, 3.8) is 0 Å². The number of hydrogen-bond acceptors (Lipinski definition) is 4. The molecule has 2 heterocycles. The summed E-state index contributed by atoms with van der Waals surface area (Å²) in [6.45, 7) is 4.84. The lowest BCUT2D eigenvalue weighted by Gasteiger charge is -2.20. The van der Waals surface area contributed by atoms with Crippen LogP contribution in [0.2, 0.25) is 0 Å². The van der Waals surface area contributed by atoms with Crippen molar-refractivity contribution in [2.45, 2.75) is 13.3 Å². The molecule has 4 rings (SSSR count). The van der Waals surface area contributed by atoms with Crippen LogP contribution in [-0.2, 0) is 6.42 Å². The van der Waals surface area contributed by atoms with Crippen LogP contribution in [0, 0.1) is 6.92 Å². The van der Waals surface area contributed by atoms with Gasteiger partial charge in [-0.15, -0.1) is 0 Å². The molecule has 0 spiro atoms. The molecule has 1 aliphatic heterocycles. The minimum atomic E-state index is 0.615. The molecule has 0 fully saturated rings. The Balaban J connectivity index is 1.37. The highest BCUT2D eigenvalue weighted by Crippen LogP contribution is 2.16. The second kappa shape index (κ2) is 7.49. The molecule has 0 amide bonds. The number of aromatic nitrogens is 2. The molecule has 4 N–H and O–H groups in total. The Kier molecular flexibility index (Phi) is 4.75. The number of para-hydroxylation sites is 1. The van der Waals surface area contributed by atoms with Crippen molar-refractivity contribution in [3.8, 4) is 0 Å². The van der Waals surface area contributed by atoms with Crippen molar-refractivity contribution in [1.29, 1.82) is 0 Å². The van der Waals surface area contributed by atoms with Crippen molar-refractivity contribution in [2.24, 2.45) is 0 Å². The number of aryl methyl sites for hydroxylation is 1. The van der Waals surface area contributed by atoms with Gasteiger partial charge >= 0.3 is 5.96 Å². The molecule has 3 aromatic rings. The first-order valence-electron chi connectivity index (χ1n) is 9.00. The van der Waals surface area contributed by atoms with E-state index in [2.05, 4.69) is 55.9 Å². The quantitative estimate of drug-likeness (QED) is 0.510. The molecule has 6 heteroatoms. The fourth-order valence-electron chi connectivity index (χ4n) is 3.19. The lowest BCUT2D eigenvalue weighted by atomic mass is 10.1. The van der Waals surface area contributed by atoms with Crippen molar-refractivity contribution in [1.82, 2.24) is 15.3 Å². The molecule has 0 saturated heterocycles. The van der Waals surface area contributed by atoms with E-state index in [1.165, 1.54) is 10.5 Å². The van der Waals surface area contributed by atoms with E-state index in [0.717, 1.165) is 48.9 Å². The number of nitrogens with one attached hydrogen (secondary N) is 4. The molecule has 1 atom stereocenters. The minimum absolute atomic E-state index is 0.615. The van der Waals surface area contributed by atoms with Gasteiger partial charge in [-0.2, -0.15) is 4.98 Å². The smallest absolute Gasteiger partial charge is 0.276 e. The van der Waals surface area contributed by atoms with E-state index in [0.29, 0.717) is 5.95 Å². The van der Waals surface area contributed by atoms with Gasteiger partial charge in [-0.05, 0) is 18.6 Å². The van der Waals surface area contributed by atoms with Crippen LogP contribution in [0.3, 0.4) is 0 Å². The first-order valence-corrected chi connectivity index (χ1v) is 9.00. The van der Waals surface area contributed by atoms with Crippen molar-refractivity contribution < 1.29 is 9.89 Å². The van der Waals surface area contributed by atoms with E-state index in [1.807, 2.05) is 31.2 Å². The monoisotopic (exact) mass is 348 g/mol. The molecule has 26 heavy (non-hydrogen) atoms. The molecule has 0 saturated carbocycles. The van der Waals surface area contributed by atoms with Crippen LogP contribution in [0.5, 0.6) is 0 Å². The van der Waals surface area contributed by atoms with E-state index in [1.54, 1.807) is 0 Å².